The molecule has 0 aliphatic carbocycles. The van der Waals surface area contributed by atoms with Crippen LogP contribution in [0.1, 0.15) is 11.4 Å². The van der Waals surface area contributed by atoms with Crippen molar-refractivity contribution >= 4 is 32.2 Å². The molecule has 3 rings (SSSR count). The van der Waals surface area contributed by atoms with Gasteiger partial charge >= 0.3 is 0 Å². The maximum atomic E-state index is 9.06. The number of fused-ring (bicyclic) bond motifs is 1. The van der Waals surface area contributed by atoms with Gasteiger partial charge in [0.15, 0.2) is 5.69 Å². The predicted molar refractivity (Wildman–Crippen MR) is 71.2 cm³/mol. The Morgan fingerprint density at radius 2 is 2.28 bits per heavy atom. The lowest BCUT2D eigenvalue weighted by Crippen LogP contribution is -1.90. The number of rotatable bonds is 1. The van der Waals surface area contributed by atoms with Crippen molar-refractivity contribution < 1.29 is 0 Å². The van der Waals surface area contributed by atoms with Crippen LogP contribution < -0.4 is 0 Å². The van der Waals surface area contributed by atoms with Gasteiger partial charge in [-0.2, -0.15) is 14.9 Å². The number of hydrogen-bond donors (Lipinski definition) is 0. The molecule has 0 radical (unpaired) electrons. The van der Waals surface area contributed by atoms with Crippen LogP contribution in [0.15, 0.2) is 22.9 Å². The Morgan fingerprint density at radius 3 is 3.00 bits per heavy atom. The molecule has 88 valence electrons. The molecule has 0 saturated carbocycles. The Bertz CT molecular complexity index is 782. The minimum absolute atomic E-state index is 0.482. The molecule has 3 aromatic rings. The summed E-state index contributed by atoms with van der Waals surface area (Å²) in [7, 11) is 0. The van der Waals surface area contributed by atoms with Crippen LogP contribution in [0, 0.1) is 18.3 Å². The number of nitrogens with zero attached hydrogens (tertiary/aromatic N) is 5. The van der Waals surface area contributed by atoms with E-state index in [0.717, 1.165) is 20.0 Å². The predicted octanol–water partition coefficient (Wildman–Crippen LogP) is 2.80. The van der Waals surface area contributed by atoms with Gasteiger partial charge in [0.1, 0.15) is 11.1 Å². The van der Waals surface area contributed by atoms with Crippen LogP contribution >= 0.6 is 27.3 Å². The summed E-state index contributed by atoms with van der Waals surface area (Å²) in [5.74, 6) is 0. The number of pyridine rings is 1. The third kappa shape index (κ3) is 1.70. The van der Waals surface area contributed by atoms with E-state index in [4.69, 9.17) is 5.26 Å². The van der Waals surface area contributed by atoms with Crippen molar-refractivity contribution in [2.75, 3.05) is 0 Å². The molecule has 0 bridgehead atoms. The van der Waals surface area contributed by atoms with Crippen LogP contribution in [-0.4, -0.2) is 19.6 Å². The summed E-state index contributed by atoms with van der Waals surface area (Å²) >= 11 is 4.81. The highest BCUT2D eigenvalue weighted by Crippen LogP contribution is 2.27. The molecule has 3 heterocycles. The number of aryl methyl sites for hydroxylation is 1. The number of nitriles is 1. The molecule has 0 amide bonds. The fourth-order valence-electron chi connectivity index (χ4n) is 1.62. The summed E-state index contributed by atoms with van der Waals surface area (Å²) in [5.41, 5.74) is 2.09. The van der Waals surface area contributed by atoms with Crippen molar-refractivity contribution in [2.45, 2.75) is 6.92 Å². The fourth-order valence-corrected chi connectivity index (χ4v) is 2.91. The van der Waals surface area contributed by atoms with E-state index < -0.39 is 0 Å². The first kappa shape index (κ1) is 11.3. The van der Waals surface area contributed by atoms with E-state index in [1.165, 1.54) is 11.3 Å². The lowest BCUT2D eigenvalue weighted by Gasteiger charge is -1.94. The summed E-state index contributed by atoms with van der Waals surface area (Å²) in [6, 6.07) is 4.05. The second-order valence-electron chi connectivity index (χ2n) is 3.65. The molecule has 0 N–H and O–H groups in total. The molecule has 0 saturated heterocycles. The van der Waals surface area contributed by atoms with Crippen LogP contribution in [0.4, 0.5) is 0 Å². The Kier molecular flexibility index (Phi) is 2.61. The number of halogens is 1. The van der Waals surface area contributed by atoms with Crippen molar-refractivity contribution in [2.24, 2.45) is 0 Å². The van der Waals surface area contributed by atoms with E-state index >= 15 is 0 Å². The molecule has 3 aromatic heterocycles. The van der Waals surface area contributed by atoms with Gasteiger partial charge in [-0.1, -0.05) is 11.3 Å². The number of aromatic nitrogens is 4. The number of hydrogen-bond acceptors (Lipinski definition) is 5. The summed E-state index contributed by atoms with van der Waals surface area (Å²) in [6.07, 6.45) is 3.45. The van der Waals surface area contributed by atoms with Gasteiger partial charge in [0.2, 0.25) is 4.96 Å². The third-order valence-electron chi connectivity index (χ3n) is 2.44. The van der Waals surface area contributed by atoms with Crippen molar-refractivity contribution in [3.05, 3.63) is 34.3 Å². The minimum atomic E-state index is 0.482. The average Bonchev–Trinajstić information content (AvgIpc) is 2.85. The zero-order valence-corrected chi connectivity index (χ0v) is 11.7. The zero-order valence-electron chi connectivity index (χ0n) is 9.25. The quantitative estimate of drug-likeness (QED) is 0.691. The largest absolute Gasteiger partial charge is 0.263 e. The average molecular weight is 320 g/mol. The second-order valence-corrected chi connectivity index (χ2v) is 5.52. The van der Waals surface area contributed by atoms with E-state index in [2.05, 4.69) is 37.1 Å². The normalized spacial score (nSPS) is 10.7. The summed E-state index contributed by atoms with van der Waals surface area (Å²) in [6.45, 7) is 1.81. The molecule has 18 heavy (non-hydrogen) atoms. The Balaban J connectivity index is 2.21. The maximum absolute atomic E-state index is 9.06. The first-order chi connectivity index (χ1) is 8.69. The van der Waals surface area contributed by atoms with Crippen molar-refractivity contribution in [3.8, 4) is 16.6 Å². The van der Waals surface area contributed by atoms with Gasteiger partial charge in [0, 0.05) is 22.4 Å². The molecule has 5 nitrogen and oxygen atoms in total. The van der Waals surface area contributed by atoms with Gasteiger partial charge in [-0.3, -0.25) is 4.98 Å². The minimum Gasteiger partial charge on any atom is -0.263 e. The van der Waals surface area contributed by atoms with Crippen LogP contribution in [0.3, 0.4) is 0 Å². The van der Waals surface area contributed by atoms with E-state index in [0.29, 0.717) is 11.4 Å². The summed E-state index contributed by atoms with van der Waals surface area (Å²) < 4.78 is 2.47. The lowest BCUT2D eigenvalue weighted by atomic mass is 10.3. The topological polar surface area (TPSA) is 66.9 Å². The molecule has 0 spiro atoms. The van der Waals surface area contributed by atoms with Crippen LogP contribution in [-0.2, 0) is 0 Å². The Labute approximate surface area is 115 Å². The monoisotopic (exact) mass is 319 g/mol. The molecule has 7 heteroatoms. The second kappa shape index (κ2) is 4.15. The fraction of sp³-hybridized carbons (Fsp3) is 0.0909. The molecule has 0 unspecified atom stereocenters. The van der Waals surface area contributed by atoms with Crippen molar-refractivity contribution in [1.82, 2.24) is 19.6 Å². The standard InChI is InChI=1S/C11H6BrN5S/c1-6-9(3-13)17-11(15-6)18-10(16-17)7-2-8(12)5-14-4-7/h2,4-5H,1H3. The lowest BCUT2D eigenvalue weighted by molar-refractivity contribution is 0.955. The van der Waals surface area contributed by atoms with Crippen molar-refractivity contribution in [3.63, 3.8) is 0 Å². The van der Waals surface area contributed by atoms with Gasteiger partial charge in [-0.05, 0) is 28.9 Å². The molecule has 0 aromatic carbocycles. The van der Waals surface area contributed by atoms with Crippen LogP contribution in [0.2, 0.25) is 0 Å². The molecule has 0 fully saturated rings. The molecule has 0 aliphatic rings. The van der Waals surface area contributed by atoms with Gasteiger partial charge in [-0.25, -0.2) is 4.98 Å². The van der Waals surface area contributed by atoms with E-state index in [1.54, 1.807) is 23.8 Å². The first-order valence-electron chi connectivity index (χ1n) is 5.06. The van der Waals surface area contributed by atoms with E-state index in [-0.39, 0.29) is 0 Å². The SMILES string of the molecule is Cc1nc2sc(-c3cncc(Br)c3)nn2c1C#N. The highest BCUT2D eigenvalue weighted by atomic mass is 79.9. The number of imidazole rings is 1. The van der Waals surface area contributed by atoms with Crippen molar-refractivity contribution in [1.29, 1.82) is 5.26 Å². The third-order valence-corrected chi connectivity index (χ3v) is 3.83. The first-order valence-corrected chi connectivity index (χ1v) is 6.67. The van der Waals surface area contributed by atoms with E-state index in [1.807, 2.05) is 6.07 Å². The van der Waals surface area contributed by atoms with Gasteiger partial charge in [-0.15, -0.1) is 0 Å². The zero-order chi connectivity index (χ0) is 12.7. The van der Waals surface area contributed by atoms with Crippen LogP contribution in [0.5, 0.6) is 0 Å². The summed E-state index contributed by atoms with van der Waals surface area (Å²) in [5, 5.41) is 14.3. The van der Waals surface area contributed by atoms with Gasteiger partial charge < -0.3 is 0 Å². The van der Waals surface area contributed by atoms with Crippen LogP contribution in [0.25, 0.3) is 15.5 Å². The molecule has 0 aliphatic heterocycles. The Morgan fingerprint density at radius 1 is 1.44 bits per heavy atom. The summed E-state index contributed by atoms with van der Waals surface area (Å²) in [4.78, 5) is 9.14. The maximum Gasteiger partial charge on any atom is 0.213 e. The smallest absolute Gasteiger partial charge is 0.213 e. The van der Waals surface area contributed by atoms with Gasteiger partial charge in [0.25, 0.3) is 0 Å². The van der Waals surface area contributed by atoms with Gasteiger partial charge in [0.05, 0.1) is 5.69 Å². The molecular formula is C11H6BrN5S. The Hall–Kier alpha value is -1.78. The molecule has 0 atom stereocenters. The highest BCUT2D eigenvalue weighted by molar-refractivity contribution is 9.10. The highest BCUT2D eigenvalue weighted by Gasteiger charge is 2.14. The van der Waals surface area contributed by atoms with E-state index in [9.17, 15) is 0 Å². The molecular weight excluding hydrogens is 314 g/mol.